The van der Waals surface area contributed by atoms with Crippen molar-refractivity contribution in [2.45, 2.75) is 79.1 Å². The Hall–Kier alpha value is -2.00. The fraction of sp³-hybridized carbons (Fsp3) is 0.400. The van der Waals surface area contributed by atoms with E-state index in [0.717, 1.165) is 19.3 Å². The van der Waals surface area contributed by atoms with Gasteiger partial charge in [0.05, 0.1) is 0 Å². The Balaban J connectivity index is 0. The summed E-state index contributed by atoms with van der Waals surface area (Å²) in [5, 5.41) is 25.9. The van der Waals surface area contributed by atoms with Crippen molar-refractivity contribution in [3.05, 3.63) is 91.0 Å². The van der Waals surface area contributed by atoms with Crippen LogP contribution < -0.4 is 0 Å². The van der Waals surface area contributed by atoms with Gasteiger partial charge in [0.25, 0.3) is 0 Å². The van der Waals surface area contributed by atoms with Gasteiger partial charge in [-0.1, -0.05) is 75.4 Å². The van der Waals surface area contributed by atoms with E-state index >= 15 is 0 Å². The van der Waals surface area contributed by atoms with E-state index < -0.39 is 9.05 Å². The van der Waals surface area contributed by atoms with Gasteiger partial charge in [-0.25, -0.2) is 0 Å². The van der Waals surface area contributed by atoms with Crippen LogP contribution in [0.2, 0.25) is 0 Å². The molecule has 0 amide bonds. The van der Waals surface area contributed by atoms with Crippen LogP contribution in [-0.2, 0) is 39.5 Å². The second-order valence-corrected chi connectivity index (χ2v) is 10.3. The fourth-order valence-corrected chi connectivity index (χ4v) is 4.57. The van der Waals surface area contributed by atoms with E-state index in [4.69, 9.17) is 28.6 Å². The van der Waals surface area contributed by atoms with E-state index in [0.29, 0.717) is 17.2 Å². The van der Waals surface area contributed by atoms with E-state index in [-0.39, 0.29) is 44.5 Å². The maximum absolute atomic E-state index is 10.4. The number of phenolic OH excluding ortho intramolecular Hbond substituents is 3. The second kappa shape index (κ2) is 23.9. The molecule has 0 spiro atoms. The Bertz CT molecular complexity index is 800. The molecule has 39 heavy (non-hydrogen) atoms. The molecule has 3 aromatic carbocycles. The first kappa shape index (κ1) is 39.1. The van der Waals surface area contributed by atoms with Gasteiger partial charge in [0, 0.05) is 44.5 Å². The summed E-state index contributed by atoms with van der Waals surface area (Å²) < 4.78 is 16.7. The van der Waals surface area contributed by atoms with Crippen molar-refractivity contribution >= 4 is 9.05 Å². The molecular formula is C30H46O7SiZr. The molecule has 3 unspecified atom stereocenters. The van der Waals surface area contributed by atoms with Gasteiger partial charge in [-0.05, 0) is 76.4 Å². The molecule has 0 aliphatic carbocycles. The van der Waals surface area contributed by atoms with Crippen LogP contribution in [0.3, 0.4) is 0 Å². The van der Waals surface area contributed by atoms with Gasteiger partial charge in [-0.15, -0.1) is 0 Å². The normalized spacial score (nSPS) is 13.6. The van der Waals surface area contributed by atoms with Crippen LogP contribution in [0.15, 0.2) is 91.0 Å². The molecule has 0 aliphatic heterocycles. The van der Waals surface area contributed by atoms with Gasteiger partial charge in [0.1, 0.15) is 17.2 Å². The molecular weight excluding hydrogens is 592 g/mol. The SMILES string of the molecule is CCC(C)O[Si](O)(OC(C)CC)OC(C)CC.Oc1ccccc1.Oc1ccccc1.Oc1ccccc1.[Zr]. The molecule has 3 aromatic rings. The molecule has 0 radical (unpaired) electrons. The van der Waals surface area contributed by atoms with Crippen molar-refractivity contribution in [1.29, 1.82) is 0 Å². The van der Waals surface area contributed by atoms with E-state index in [1.807, 2.05) is 59.7 Å². The third kappa shape index (κ3) is 22.5. The topological polar surface area (TPSA) is 109 Å². The Morgan fingerprint density at radius 2 is 0.718 bits per heavy atom. The minimum Gasteiger partial charge on any atom is -0.508 e. The number of hydrogen-bond acceptors (Lipinski definition) is 7. The molecule has 3 atom stereocenters. The van der Waals surface area contributed by atoms with Crippen LogP contribution in [0.1, 0.15) is 60.8 Å². The Morgan fingerprint density at radius 1 is 0.513 bits per heavy atom. The first-order valence-electron chi connectivity index (χ1n) is 13.0. The maximum atomic E-state index is 10.4. The van der Waals surface area contributed by atoms with Crippen LogP contribution >= 0.6 is 0 Å². The van der Waals surface area contributed by atoms with E-state index in [2.05, 4.69) is 0 Å². The van der Waals surface area contributed by atoms with Crippen molar-refractivity contribution in [3.63, 3.8) is 0 Å². The van der Waals surface area contributed by atoms with Crippen molar-refractivity contribution in [2.75, 3.05) is 0 Å². The predicted octanol–water partition coefficient (Wildman–Crippen LogP) is 7.03. The molecule has 3 rings (SSSR count). The van der Waals surface area contributed by atoms with Gasteiger partial charge < -0.3 is 33.4 Å². The van der Waals surface area contributed by atoms with Gasteiger partial charge in [0.15, 0.2) is 0 Å². The van der Waals surface area contributed by atoms with E-state index in [9.17, 15) is 4.80 Å². The summed E-state index contributed by atoms with van der Waals surface area (Å²) >= 11 is 0. The number of para-hydroxylation sites is 3. The minimum absolute atomic E-state index is 0. The molecule has 0 heterocycles. The van der Waals surface area contributed by atoms with Crippen molar-refractivity contribution in [1.82, 2.24) is 0 Å². The average Bonchev–Trinajstić information content (AvgIpc) is 2.90. The van der Waals surface area contributed by atoms with Gasteiger partial charge in [-0.2, -0.15) is 0 Å². The predicted molar refractivity (Wildman–Crippen MR) is 155 cm³/mol. The molecule has 0 bridgehead atoms. The third-order valence-electron chi connectivity index (χ3n) is 5.04. The summed E-state index contributed by atoms with van der Waals surface area (Å²) in [6.45, 7) is 11.8. The molecule has 7 nitrogen and oxygen atoms in total. The maximum Gasteiger partial charge on any atom is 0.677 e. The van der Waals surface area contributed by atoms with E-state index in [1.54, 1.807) is 72.8 Å². The molecule has 9 heteroatoms. The molecule has 216 valence electrons. The number of phenols is 3. The number of rotatable bonds is 9. The van der Waals surface area contributed by atoms with Crippen LogP contribution in [0.5, 0.6) is 17.2 Å². The zero-order chi connectivity index (χ0) is 28.8. The zero-order valence-corrected chi connectivity index (χ0v) is 27.5. The van der Waals surface area contributed by atoms with Gasteiger partial charge in [0.2, 0.25) is 0 Å². The quantitative estimate of drug-likeness (QED) is 0.187. The van der Waals surface area contributed by atoms with Crippen molar-refractivity contribution < 1.29 is 59.6 Å². The van der Waals surface area contributed by atoms with Crippen LogP contribution in [-0.4, -0.2) is 47.5 Å². The smallest absolute Gasteiger partial charge is 0.508 e. The Labute approximate surface area is 255 Å². The average molecular weight is 638 g/mol. The van der Waals surface area contributed by atoms with Gasteiger partial charge >= 0.3 is 9.05 Å². The van der Waals surface area contributed by atoms with Crippen molar-refractivity contribution in [2.24, 2.45) is 0 Å². The minimum atomic E-state index is -3.50. The summed E-state index contributed by atoms with van der Waals surface area (Å²) in [7, 11) is -3.50. The molecule has 4 N–H and O–H groups in total. The molecule has 0 fully saturated rings. The number of hydrogen-bond donors (Lipinski definition) is 4. The largest absolute Gasteiger partial charge is 0.677 e. The first-order chi connectivity index (χ1) is 18.0. The van der Waals surface area contributed by atoms with Gasteiger partial charge in [-0.3, -0.25) is 0 Å². The Kier molecular flexibility index (Phi) is 23.9. The van der Waals surface area contributed by atoms with Crippen LogP contribution in [0.4, 0.5) is 0 Å². The zero-order valence-electron chi connectivity index (χ0n) is 24.0. The summed E-state index contributed by atoms with van der Waals surface area (Å²) in [5.74, 6) is 0.965. The number of benzene rings is 3. The van der Waals surface area contributed by atoms with Crippen molar-refractivity contribution in [3.8, 4) is 17.2 Å². The Morgan fingerprint density at radius 3 is 0.846 bits per heavy atom. The summed E-state index contributed by atoms with van der Waals surface area (Å²) in [4.78, 5) is 10.4. The summed E-state index contributed by atoms with van der Waals surface area (Å²) in [5.41, 5.74) is 0. The first-order valence-corrected chi connectivity index (χ1v) is 14.7. The van der Waals surface area contributed by atoms with Crippen LogP contribution in [0, 0.1) is 0 Å². The molecule has 0 aliphatic rings. The monoisotopic (exact) mass is 636 g/mol. The second-order valence-electron chi connectivity index (χ2n) is 8.54. The fourth-order valence-electron chi connectivity index (χ4n) is 2.38. The van der Waals surface area contributed by atoms with E-state index in [1.165, 1.54) is 0 Å². The third-order valence-corrected chi connectivity index (χ3v) is 7.14. The molecule has 0 aromatic heterocycles. The summed E-state index contributed by atoms with van der Waals surface area (Å²) in [6, 6.07) is 26.1. The standard InChI is InChI=1S/C12H28O4Si.3C6H6O.Zr/c1-7-10(4)14-17(13,15-11(5)8-2)16-12(6)9-3;3*7-6-4-2-1-3-5-6;/h10-13H,7-9H2,1-6H3;3*1-5,7H;. The van der Waals surface area contributed by atoms with Crippen LogP contribution in [0.25, 0.3) is 0 Å². The molecule has 0 saturated carbocycles. The summed E-state index contributed by atoms with van der Waals surface area (Å²) in [6.07, 6.45) is 2.30. The molecule has 0 saturated heterocycles. The number of aromatic hydroxyl groups is 3.